The number of aromatic amines is 1. The quantitative estimate of drug-likeness (QED) is 0.354. The van der Waals surface area contributed by atoms with E-state index in [0.29, 0.717) is 22.9 Å². The van der Waals surface area contributed by atoms with Crippen LogP contribution in [0.3, 0.4) is 0 Å². The number of aliphatic hydroxyl groups is 1. The topological polar surface area (TPSA) is 71.0 Å². The van der Waals surface area contributed by atoms with Crippen molar-refractivity contribution in [2.24, 2.45) is 5.92 Å². The number of ether oxygens (including phenoxy) is 1. The molecule has 1 saturated carbocycles. The second kappa shape index (κ2) is 9.29. The van der Waals surface area contributed by atoms with Crippen molar-refractivity contribution in [3.05, 3.63) is 65.6 Å². The van der Waals surface area contributed by atoms with Crippen LogP contribution < -0.4 is 4.74 Å². The Kier molecular flexibility index (Phi) is 6.21. The third-order valence-corrected chi connectivity index (χ3v) is 7.12. The van der Waals surface area contributed by atoms with Gasteiger partial charge >= 0.3 is 0 Å². The fourth-order valence-corrected chi connectivity index (χ4v) is 5.22. The summed E-state index contributed by atoms with van der Waals surface area (Å²) in [6.45, 7) is 3.79. The number of nitrogens with zero attached hydrogens (tertiary/aromatic N) is 2. The van der Waals surface area contributed by atoms with E-state index in [4.69, 9.17) is 9.72 Å². The molecule has 0 spiro atoms. The zero-order valence-electron chi connectivity index (χ0n) is 19.4. The predicted octanol–water partition coefficient (Wildman–Crippen LogP) is 6.23. The van der Waals surface area contributed by atoms with Gasteiger partial charge in [-0.3, -0.25) is 4.98 Å². The number of hydrogen-bond donors (Lipinski definition) is 2. The molecule has 2 aromatic carbocycles. The summed E-state index contributed by atoms with van der Waals surface area (Å²) in [6, 6.07) is 9.82. The zero-order chi connectivity index (χ0) is 23.8. The van der Waals surface area contributed by atoms with E-state index in [-0.39, 0.29) is 24.1 Å². The van der Waals surface area contributed by atoms with E-state index in [9.17, 15) is 13.9 Å². The number of rotatable bonds is 6. The number of nitrogens with one attached hydrogen (secondary N) is 1. The average molecular weight is 466 g/mol. The molecule has 2 aromatic heterocycles. The maximum atomic E-state index is 14.4. The molecule has 0 amide bonds. The van der Waals surface area contributed by atoms with Gasteiger partial charge in [0.2, 0.25) is 0 Å². The monoisotopic (exact) mass is 465 g/mol. The molecule has 4 aromatic rings. The molecular weight excluding hydrogens is 436 g/mol. The molecule has 2 atom stereocenters. The second-order valence-corrected chi connectivity index (χ2v) is 9.54. The van der Waals surface area contributed by atoms with Crippen molar-refractivity contribution in [3.8, 4) is 5.75 Å². The summed E-state index contributed by atoms with van der Waals surface area (Å²) in [6.07, 6.45) is 5.27. The van der Waals surface area contributed by atoms with E-state index in [1.54, 1.807) is 25.1 Å². The Hall–Kier alpha value is -3.06. The normalized spacial score (nSPS) is 20.5. The summed E-state index contributed by atoms with van der Waals surface area (Å²) >= 11 is 0. The lowest BCUT2D eigenvalue weighted by molar-refractivity contribution is 0.120. The Morgan fingerprint density at radius 2 is 1.85 bits per heavy atom. The van der Waals surface area contributed by atoms with Crippen molar-refractivity contribution in [1.29, 1.82) is 0 Å². The Labute approximate surface area is 197 Å². The lowest BCUT2D eigenvalue weighted by Crippen LogP contribution is -2.19. The van der Waals surface area contributed by atoms with Crippen LogP contribution in [0.15, 0.2) is 42.6 Å². The fourth-order valence-electron chi connectivity index (χ4n) is 5.22. The van der Waals surface area contributed by atoms with Crippen LogP contribution in [0.5, 0.6) is 5.75 Å². The molecule has 2 heterocycles. The molecule has 0 aliphatic heterocycles. The van der Waals surface area contributed by atoms with Gasteiger partial charge < -0.3 is 14.8 Å². The van der Waals surface area contributed by atoms with Crippen molar-refractivity contribution in [2.45, 2.75) is 57.5 Å². The Morgan fingerprint density at radius 1 is 1.06 bits per heavy atom. The van der Waals surface area contributed by atoms with Gasteiger partial charge in [0.05, 0.1) is 22.7 Å². The Morgan fingerprint density at radius 3 is 2.62 bits per heavy atom. The predicted molar refractivity (Wildman–Crippen MR) is 128 cm³/mol. The Balaban J connectivity index is 1.30. The largest absolute Gasteiger partial charge is 0.488 e. The highest BCUT2D eigenvalue weighted by Crippen LogP contribution is 2.43. The number of benzene rings is 2. The van der Waals surface area contributed by atoms with Crippen molar-refractivity contribution < 1.29 is 18.6 Å². The zero-order valence-corrected chi connectivity index (χ0v) is 19.4. The molecule has 0 radical (unpaired) electrons. The number of H-pyrrole nitrogens is 1. The number of imidazole rings is 1. The molecule has 7 heteroatoms. The summed E-state index contributed by atoms with van der Waals surface area (Å²) in [5.74, 6) is 1.28. The number of aliphatic hydroxyl groups excluding tert-OH is 1. The van der Waals surface area contributed by atoms with Gasteiger partial charge in [-0.05, 0) is 74.3 Å². The van der Waals surface area contributed by atoms with Gasteiger partial charge in [-0.25, -0.2) is 13.8 Å². The molecule has 0 saturated heterocycles. The molecular formula is C27H29F2N3O2. The first kappa shape index (κ1) is 22.7. The van der Waals surface area contributed by atoms with Gasteiger partial charge in [0.1, 0.15) is 18.2 Å². The molecule has 34 heavy (non-hydrogen) atoms. The highest BCUT2D eigenvalue weighted by molar-refractivity contribution is 5.82. The molecule has 2 N–H and O–H groups in total. The maximum Gasteiger partial charge on any atom is 0.167 e. The Bertz CT molecular complexity index is 1310. The molecule has 1 fully saturated rings. The fraction of sp³-hybridized carbons (Fsp3) is 0.407. The highest BCUT2D eigenvalue weighted by atomic mass is 19.1. The van der Waals surface area contributed by atoms with E-state index in [1.165, 1.54) is 17.7 Å². The van der Waals surface area contributed by atoms with Gasteiger partial charge in [-0.1, -0.05) is 6.92 Å². The van der Waals surface area contributed by atoms with Crippen LogP contribution in [0.1, 0.15) is 62.8 Å². The second-order valence-electron chi connectivity index (χ2n) is 9.54. The van der Waals surface area contributed by atoms with E-state index >= 15 is 0 Å². The molecule has 0 bridgehead atoms. The minimum Gasteiger partial charge on any atom is -0.488 e. The van der Waals surface area contributed by atoms with Crippen molar-refractivity contribution in [2.75, 3.05) is 6.61 Å². The van der Waals surface area contributed by atoms with Crippen molar-refractivity contribution in [1.82, 2.24) is 15.0 Å². The smallest absolute Gasteiger partial charge is 0.167 e. The third kappa shape index (κ3) is 4.49. The van der Waals surface area contributed by atoms with Gasteiger partial charge in [-0.15, -0.1) is 0 Å². The number of halogens is 2. The lowest BCUT2D eigenvalue weighted by Gasteiger charge is -2.32. The molecule has 1 aliphatic rings. The summed E-state index contributed by atoms with van der Waals surface area (Å²) in [5, 5.41) is 10.3. The van der Waals surface area contributed by atoms with Crippen LogP contribution in [-0.2, 0) is 0 Å². The first-order valence-corrected chi connectivity index (χ1v) is 11.9. The van der Waals surface area contributed by atoms with E-state index in [0.717, 1.165) is 42.4 Å². The van der Waals surface area contributed by atoms with Gasteiger partial charge in [0, 0.05) is 29.6 Å². The van der Waals surface area contributed by atoms with Crippen LogP contribution >= 0.6 is 0 Å². The van der Waals surface area contributed by atoms with Crippen molar-refractivity contribution in [3.63, 3.8) is 0 Å². The van der Waals surface area contributed by atoms with Crippen LogP contribution in [-0.4, -0.2) is 32.8 Å². The molecule has 0 unspecified atom stereocenters. The summed E-state index contributed by atoms with van der Waals surface area (Å²) in [7, 11) is 0. The minimum atomic E-state index is -0.677. The standard InChI is InChI=1S/C27H29F2N3O2/c1-15(33)14-34-26-13-25-24(12-22(26)29)31-27(32-25)16(2)17-3-5-18(6-4-17)20-9-10-30-23-8-7-19(28)11-21(20)23/h7-13,15-18,33H,3-6,14H2,1-2H3,(H,31,32)/t15-,16-,17?,18?/m1/s1. The van der Waals surface area contributed by atoms with Crippen LogP contribution in [0.25, 0.3) is 21.9 Å². The first-order valence-electron chi connectivity index (χ1n) is 11.9. The molecule has 5 nitrogen and oxygen atoms in total. The van der Waals surface area contributed by atoms with E-state index < -0.39 is 11.9 Å². The lowest BCUT2D eigenvalue weighted by atomic mass is 9.73. The van der Waals surface area contributed by atoms with Crippen LogP contribution in [0.4, 0.5) is 8.78 Å². The first-order chi connectivity index (χ1) is 16.4. The molecule has 5 rings (SSSR count). The number of aromatic nitrogens is 3. The van der Waals surface area contributed by atoms with Crippen LogP contribution in [0.2, 0.25) is 0 Å². The van der Waals surface area contributed by atoms with E-state index in [2.05, 4.69) is 16.9 Å². The van der Waals surface area contributed by atoms with E-state index in [1.807, 2.05) is 12.3 Å². The summed E-state index contributed by atoms with van der Waals surface area (Å²) < 4.78 is 33.6. The van der Waals surface area contributed by atoms with Gasteiger partial charge in [0.25, 0.3) is 0 Å². The molecule has 178 valence electrons. The summed E-state index contributed by atoms with van der Waals surface area (Å²) in [4.78, 5) is 12.4. The number of hydrogen-bond acceptors (Lipinski definition) is 4. The van der Waals surface area contributed by atoms with Gasteiger partial charge in [-0.2, -0.15) is 0 Å². The van der Waals surface area contributed by atoms with Crippen LogP contribution in [0, 0.1) is 17.6 Å². The summed E-state index contributed by atoms with van der Waals surface area (Å²) in [5.41, 5.74) is 3.31. The molecule has 1 aliphatic carbocycles. The SMILES string of the molecule is C[C@@H](O)COc1cc2nc([C@H](C)C3CCC(c4ccnc5ccc(F)cc45)CC3)[nH]c2cc1F. The maximum absolute atomic E-state index is 14.4. The van der Waals surface area contributed by atoms with Gasteiger partial charge in [0.15, 0.2) is 11.6 Å². The van der Waals surface area contributed by atoms with Crippen molar-refractivity contribution >= 4 is 21.9 Å². The highest BCUT2D eigenvalue weighted by Gasteiger charge is 2.29. The number of fused-ring (bicyclic) bond motifs is 2. The minimum absolute atomic E-state index is 0.0265. The number of pyridine rings is 1. The third-order valence-electron chi connectivity index (χ3n) is 7.12. The average Bonchev–Trinajstić information content (AvgIpc) is 3.24.